The molecule has 24 heavy (non-hydrogen) atoms. The minimum absolute atomic E-state index is 0.00508. The van der Waals surface area contributed by atoms with Crippen molar-refractivity contribution in [1.29, 1.82) is 0 Å². The van der Waals surface area contributed by atoms with E-state index in [4.69, 9.17) is 4.74 Å². The number of benzene rings is 2. The average Bonchev–Trinajstić information content (AvgIpc) is 2.60. The van der Waals surface area contributed by atoms with Gasteiger partial charge in [0.05, 0.1) is 5.69 Å². The number of hydrogen-bond acceptors (Lipinski definition) is 3. The van der Waals surface area contributed by atoms with Gasteiger partial charge in [-0.1, -0.05) is 36.4 Å². The fourth-order valence-electron chi connectivity index (χ4n) is 2.56. The molecule has 0 spiro atoms. The van der Waals surface area contributed by atoms with E-state index in [1.165, 1.54) is 0 Å². The van der Waals surface area contributed by atoms with Crippen molar-refractivity contribution in [3.05, 3.63) is 59.7 Å². The molecule has 5 nitrogen and oxygen atoms in total. The normalized spacial score (nSPS) is 15.9. The molecule has 2 aromatic rings. The van der Waals surface area contributed by atoms with E-state index in [-0.39, 0.29) is 11.8 Å². The number of rotatable bonds is 5. The number of carbonyl (C=O) groups excluding carboxylic acids is 2. The second-order valence-corrected chi connectivity index (χ2v) is 5.84. The summed E-state index contributed by atoms with van der Waals surface area (Å²) in [7, 11) is 0. The van der Waals surface area contributed by atoms with Gasteiger partial charge in [0.1, 0.15) is 5.75 Å². The summed E-state index contributed by atoms with van der Waals surface area (Å²) >= 11 is 0. The van der Waals surface area contributed by atoms with E-state index in [0.29, 0.717) is 24.4 Å². The van der Waals surface area contributed by atoms with Crippen molar-refractivity contribution < 1.29 is 14.3 Å². The first-order valence-electron chi connectivity index (χ1n) is 8.03. The van der Waals surface area contributed by atoms with Crippen molar-refractivity contribution in [2.75, 3.05) is 5.32 Å². The van der Waals surface area contributed by atoms with Crippen LogP contribution in [0.2, 0.25) is 0 Å². The summed E-state index contributed by atoms with van der Waals surface area (Å²) in [6, 6.07) is 15.5. The van der Waals surface area contributed by atoms with Gasteiger partial charge in [-0.25, -0.2) is 0 Å². The number of fused-ring (bicyclic) bond motifs is 1. The highest BCUT2D eigenvalue weighted by molar-refractivity contribution is 5.97. The van der Waals surface area contributed by atoms with E-state index in [1.807, 2.05) is 48.5 Å². The SMILES string of the molecule is CC1Oc2ccc(CNC(=O)CCc3ccccc3)cc2NC1=O. The summed E-state index contributed by atoms with van der Waals surface area (Å²) in [4.78, 5) is 23.6. The van der Waals surface area contributed by atoms with Gasteiger partial charge < -0.3 is 15.4 Å². The lowest BCUT2D eigenvalue weighted by molar-refractivity contribution is -0.123. The largest absolute Gasteiger partial charge is 0.479 e. The Morgan fingerprint density at radius 1 is 1.17 bits per heavy atom. The molecule has 0 saturated heterocycles. The number of nitrogens with one attached hydrogen (secondary N) is 2. The molecule has 0 bridgehead atoms. The molecule has 0 saturated carbocycles. The van der Waals surface area contributed by atoms with E-state index in [1.54, 1.807) is 6.92 Å². The van der Waals surface area contributed by atoms with Crippen molar-refractivity contribution in [3.8, 4) is 5.75 Å². The standard InChI is InChI=1S/C19H20N2O3/c1-13-19(23)21-16-11-15(7-9-17(16)24-13)12-20-18(22)10-8-14-5-3-2-4-6-14/h2-7,9,11,13H,8,10,12H2,1H3,(H,20,22)(H,21,23). The van der Waals surface area contributed by atoms with Crippen LogP contribution in [-0.4, -0.2) is 17.9 Å². The number of amides is 2. The highest BCUT2D eigenvalue weighted by Gasteiger charge is 2.23. The van der Waals surface area contributed by atoms with Crippen LogP contribution in [-0.2, 0) is 22.6 Å². The molecular formula is C19H20N2O3. The van der Waals surface area contributed by atoms with Crippen LogP contribution in [0.3, 0.4) is 0 Å². The number of ether oxygens (including phenoxy) is 1. The second-order valence-electron chi connectivity index (χ2n) is 5.84. The number of anilines is 1. The molecule has 1 aliphatic heterocycles. The van der Waals surface area contributed by atoms with Gasteiger partial charge in [0.15, 0.2) is 6.10 Å². The zero-order valence-electron chi connectivity index (χ0n) is 13.5. The molecule has 0 aliphatic carbocycles. The monoisotopic (exact) mass is 324 g/mol. The molecule has 1 unspecified atom stereocenters. The van der Waals surface area contributed by atoms with Gasteiger partial charge in [-0.05, 0) is 36.6 Å². The van der Waals surface area contributed by atoms with E-state index < -0.39 is 6.10 Å². The Morgan fingerprint density at radius 2 is 1.96 bits per heavy atom. The summed E-state index contributed by atoms with van der Waals surface area (Å²) in [6.07, 6.45) is 0.686. The third-order valence-corrected chi connectivity index (χ3v) is 3.95. The Morgan fingerprint density at radius 3 is 2.75 bits per heavy atom. The molecule has 5 heteroatoms. The lowest BCUT2D eigenvalue weighted by Crippen LogP contribution is -2.34. The van der Waals surface area contributed by atoms with Gasteiger partial charge in [-0.2, -0.15) is 0 Å². The quantitative estimate of drug-likeness (QED) is 0.888. The zero-order chi connectivity index (χ0) is 16.9. The zero-order valence-corrected chi connectivity index (χ0v) is 13.5. The van der Waals surface area contributed by atoms with Crippen molar-refractivity contribution in [2.24, 2.45) is 0 Å². The summed E-state index contributed by atoms with van der Waals surface area (Å²) in [5.41, 5.74) is 2.71. The predicted molar refractivity (Wildman–Crippen MR) is 91.8 cm³/mol. The Labute approximate surface area is 141 Å². The Hall–Kier alpha value is -2.82. The van der Waals surface area contributed by atoms with Crippen LogP contribution in [0.4, 0.5) is 5.69 Å². The van der Waals surface area contributed by atoms with Gasteiger partial charge in [0, 0.05) is 13.0 Å². The third-order valence-electron chi connectivity index (χ3n) is 3.95. The maximum Gasteiger partial charge on any atom is 0.265 e. The van der Waals surface area contributed by atoms with E-state index in [9.17, 15) is 9.59 Å². The molecule has 1 atom stereocenters. The van der Waals surface area contributed by atoms with Crippen molar-refractivity contribution >= 4 is 17.5 Å². The molecule has 124 valence electrons. The molecule has 2 aromatic carbocycles. The van der Waals surface area contributed by atoms with E-state index >= 15 is 0 Å². The highest BCUT2D eigenvalue weighted by atomic mass is 16.5. The second kappa shape index (κ2) is 7.17. The summed E-state index contributed by atoms with van der Waals surface area (Å²) in [5.74, 6) is 0.498. The van der Waals surface area contributed by atoms with Gasteiger partial charge in [-0.15, -0.1) is 0 Å². The van der Waals surface area contributed by atoms with Gasteiger partial charge >= 0.3 is 0 Å². The van der Waals surface area contributed by atoms with Crippen LogP contribution < -0.4 is 15.4 Å². The number of carbonyl (C=O) groups is 2. The minimum Gasteiger partial charge on any atom is -0.479 e. The first kappa shape index (κ1) is 16.1. The van der Waals surface area contributed by atoms with Gasteiger partial charge in [0.2, 0.25) is 5.91 Å². The molecular weight excluding hydrogens is 304 g/mol. The van der Waals surface area contributed by atoms with Crippen LogP contribution in [0.15, 0.2) is 48.5 Å². The van der Waals surface area contributed by atoms with Crippen molar-refractivity contribution in [2.45, 2.75) is 32.4 Å². The van der Waals surface area contributed by atoms with Crippen LogP contribution in [0.25, 0.3) is 0 Å². The van der Waals surface area contributed by atoms with Gasteiger partial charge in [0.25, 0.3) is 5.91 Å². The predicted octanol–water partition coefficient (Wildman–Crippen LogP) is 2.66. The fraction of sp³-hybridized carbons (Fsp3) is 0.263. The highest BCUT2D eigenvalue weighted by Crippen LogP contribution is 2.30. The van der Waals surface area contributed by atoms with Crippen molar-refractivity contribution in [3.63, 3.8) is 0 Å². The molecule has 1 heterocycles. The van der Waals surface area contributed by atoms with Crippen molar-refractivity contribution in [1.82, 2.24) is 5.32 Å². The van der Waals surface area contributed by atoms with E-state index in [0.717, 1.165) is 17.5 Å². The number of aryl methyl sites for hydroxylation is 1. The third kappa shape index (κ3) is 3.93. The van der Waals surface area contributed by atoms with Crippen LogP contribution in [0.5, 0.6) is 5.75 Å². The lowest BCUT2D eigenvalue weighted by Gasteiger charge is -2.23. The van der Waals surface area contributed by atoms with Crippen LogP contribution >= 0.6 is 0 Å². The molecule has 1 aliphatic rings. The molecule has 2 N–H and O–H groups in total. The summed E-state index contributed by atoms with van der Waals surface area (Å²) in [6.45, 7) is 2.13. The fourth-order valence-corrected chi connectivity index (χ4v) is 2.56. The Bertz CT molecular complexity index is 744. The average molecular weight is 324 g/mol. The lowest BCUT2D eigenvalue weighted by atomic mass is 10.1. The van der Waals surface area contributed by atoms with Crippen LogP contribution in [0.1, 0.15) is 24.5 Å². The molecule has 0 radical (unpaired) electrons. The maximum absolute atomic E-state index is 12.0. The topological polar surface area (TPSA) is 67.4 Å². The first-order chi connectivity index (χ1) is 11.6. The molecule has 0 fully saturated rings. The molecule has 2 amide bonds. The first-order valence-corrected chi connectivity index (χ1v) is 8.03. The summed E-state index contributed by atoms with van der Waals surface area (Å²) < 4.78 is 5.51. The van der Waals surface area contributed by atoms with Gasteiger partial charge in [-0.3, -0.25) is 9.59 Å². The number of hydrogen-bond donors (Lipinski definition) is 2. The van der Waals surface area contributed by atoms with Crippen LogP contribution in [0, 0.1) is 0 Å². The minimum atomic E-state index is -0.485. The summed E-state index contributed by atoms with van der Waals surface area (Å²) in [5, 5.41) is 5.71. The Kier molecular flexibility index (Phi) is 4.79. The Balaban J connectivity index is 1.52. The maximum atomic E-state index is 12.0. The molecule has 3 rings (SSSR count). The molecule has 0 aromatic heterocycles. The van der Waals surface area contributed by atoms with E-state index in [2.05, 4.69) is 10.6 Å². The smallest absolute Gasteiger partial charge is 0.265 e.